The van der Waals surface area contributed by atoms with Gasteiger partial charge in [-0.05, 0) is 64.3 Å². The number of aliphatic hydroxyl groups excluding tert-OH is 1. The lowest BCUT2D eigenvalue weighted by Crippen LogP contribution is -2.32. The van der Waals surface area contributed by atoms with Crippen LogP contribution in [-0.4, -0.2) is 45.4 Å². The Morgan fingerprint density at radius 1 is 1.44 bits per heavy atom. The molecule has 1 aromatic heterocycles. The third-order valence-electron chi connectivity index (χ3n) is 4.85. The number of likely N-dealkylation sites (tertiary alicyclic amines) is 1. The van der Waals surface area contributed by atoms with E-state index in [-0.39, 0.29) is 11.9 Å². The van der Waals surface area contributed by atoms with E-state index >= 15 is 0 Å². The summed E-state index contributed by atoms with van der Waals surface area (Å²) < 4.78 is 19.0. The first-order chi connectivity index (χ1) is 12.0. The van der Waals surface area contributed by atoms with E-state index < -0.39 is 0 Å². The van der Waals surface area contributed by atoms with Crippen molar-refractivity contribution in [3.63, 3.8) is 0 Å². The lowest BCUT2D eigenvalue weighted by Gasteiger charge is -2.25. The summed E-state index contributed by atoms with van der Waals surface area (Å²) in [5, 5.41) is 13.6. The van der Waals surface area contributed by atoms with E-state index in [0.717, 1.165) is 32.4 Å². The molecule has 3 rings (SSSR count). The molecule has 6 heteroatoms. The SMILES string of the molecule is Cc1ccc(-c2noc(CCCN3CCCC3CC(C)O)n2)cc1F. The fourth-order valence-electron chi connectivity index (χ4n) is 3.49. The molecule has 1 aromatic carbocycles. The van der Waals surface area contributed by atoms with Gasteiger partial charge in [-0.2, -0.15) is 4.98 Å². The van der Waals surface area contributed by atoms with Gasteiger partial charge in [0.05, 0.1) is 6.10 Å². The average molecular weight is 347 g/mol. The van der Waals surface area contributed by atoms with E-state index in [1.807, 2.05) is 6.92 Å². The van der Waals surface area contributed by atoms with Crippen LogP contribution < -0.4 is 0 Å². The summed E-state index contributed by atoms with van der Waals surface area (Å²) in [7, 11) is 0. The summed E-state index contributed by atoms with van der Waals surface area (Å²) in [6, 6.07) is 5.44. The lowest BCUT2D eigenvalue weighted by atomic mass is 10.1. The minimum atomic E-state index is -0.262. The second-order valence-electron chi connectivity index (χ2n) is 7.00. The fourth-order valence-corrected chi connectivity index (χ4v) is 3.49. The third kappa shape index (κ3) is 4.64. The summed E-state index contributed by atoms with van der Waals surface area (Å²) >= 11 is 0. The molecule has 1 N–H and O–H groups in total. The molecule has 5 nitrogen and oxygen atoms in total. The van der Waals surface area contributed by atoms with Gasteiger partial charge in [0.2, 0.25) is 11.7 Å². The van der Waals surface area contributed by atoms with Crippen molar-refractivity contribution < 1.29 is 14.0 Å². The van der Waals surface area contributed by atoms with Gasteiger partial charge in [-0.3, -0.25) is 0 Å². The maximum absolute atomic E-state index is 13.7. The maximum Gasteiger partial charge on any atom is 0.227 e. The minimum Gasteiger partial charge on any atom is -0.393 e. The molecule has 2 atom stereocenters. The monoisotopic (exact) mass is 347 g/mol. The number of aromatic nitrogens is 2. The molecule has 0 aliphatic carbocycles. The number of halogens is 1. The number of aryl methyl sites for hydroxylation is 2. The van der Waals surface area contributed by atoms with Crippen molar-refractivity contribution in [1.29, 1.82) is 0 Å². The molecular weight excluding hydrogens is 321 g/mol. The van der Waals surface area contributed by atoms with Crippen LogP contribution in [0, 0.1) is 12.7 Å². The van der Waals surface area contributed by atoms with E-state index in [2.05, 4.69) is 15.0 Å². The first-order valence-corrected chi connectivity index (χ1v) is 9.04. The topological polar surface area (TPSA) is 62.4 Å². The quantitative estimate of drug-likeness (QED) is 0.832. The van der Waals surface area contributed by atoms with Crippen molar-refractivity contribution in [2.75, 3.05) is 13.1 Å². The Hall–Kier alpha value is -1.79. The second kappa shape index (κ2) is 8.06. The Kier molecular flexibility index (Phi) is 5.81. The smallest absolute Gasteiger partial charge is 0.227 e. The minimum absolute atomic E-state index is 0.251. The van der Waals surface area contributed by atoms with E-state index in [1.54, 1.807) is 19.1 Å². The van der Waals surface area contributed by atoms with Crippen LogP contribution in [-0.2, 0) is 6.42 Å². The van der Waals surface area contributed by atoms with Gasteiger partial charge in [0.1, 0.15) is 5.82 Å². The molecule has 0 saturated carbocycles. The molecule has 1 aliphatic heterocycles. The van der Waals surface area contributed by atoms with Gasteiger partial charge in [-0.15, -0.1) is 0 Å². The number of nitrogens with zero attached hydrogens (tertiary/aromatic N) is 3. The van der Waals surface area contributed by atoms with Gasteiger partial charge in [-0.25, -0.2) is 4.39 Å². The standard InChI is InChI=1S/C19H26FN3O2/c1-13-7-8-15(12-17(13)20)19-21-18(25-22-19)6-4-10-23-9-3-5-16(23)11-14(2)24/h7-8,12,14,16,24H,3-6,9-11H2,1-2H3. The third-order valence-corrected chi connectivity index (χ3v) is 4.85. The summed E-state index contributed by atoms with van der Waals surface area (Å²) in [6.07, 6.45) is 4.58. The molecule has 2 heterocycles. The fraction of sp³-hybridized carbons (Fsp3) is 0.579. The molecule has 1 aliphatic rings. The van der Waals surface area contributed by atoms with Crippen LogP contribution in [0.15, 0.2) is 22.7 Å². The molecular formula is C19H26FN3O2. The van der Waals surface area contributed by atoms with E-state index in [1.165, 1.54) is 12.5 Å². The molecule has 25 heavy (non-hydrogen) atoms. The lowest BCUT2D eigenvalue weighted by molar-refractivity contribution is 0.133. The van der Waals surface area contributed by atoms with Gasteiger partial charge in [-0.1, -0.05) is 17.3 Å². The number of hydrogen-bond donors (Lipinski definition) is 1. The summed E-state index contributed by atoms with van der Waals surface area (Å²) in [4.78, 5) is 6.82. The summed E-state index contributed by atoms with van der Waals surface area (Å²) in [5.41, 5.74) is 1.24. The number of rotatable bonds is 7. The van der Waals surface area contributed by atoms with Crippen LogP contribution in [0.4, 0.5) is 4.39 Å². The van der Waals surface area contributed by atoms with Crippen LogP contribution in [0.1, 0.15) is 44.1 Å². The highest BCUT2D eigenvalue weighted by atomic mass is 19.1. The van der Waals surface area contributed by atoms with E-state index in [0.29, 0.717) is 35.3 Å². The summed E-state index contributed by atoms with van der Waals surface area (Å²) in [5.74, 6) is 0.756. The van der Waals surface area contributed by atoms with Crippen molar-refractivity contribution >= 4 is 0 Å². The highest BCUT2D eigenvalue weighted by Crippen LogP contribution is 2.22. The van der Waals surface area contributed by atoms with E-state index in [9.17, 15) is 9.50 Å². The first-order valence-electron chi connectivity index (χ1n) is 9.04. The number of hydrogen-bond acceptors (Lipinski definition) is 5. The molecule has 0 amide bonds. The van der Waals surface area contributed by atoms with Crippen LogP contribution in [0.25, 0.3) is 11.4 Å². The van der Waals surface area contributed by atoms with Gasteiger partial charge < -0.3 is 14.5 Å². The molecule has 2 unspecified atom stereocenters. The predicted octanol–water partition coefficient (Wildman–Crippen LogP) is 3.35. The van der Waals surface area contributed by atoms with Gasteiger partial charge in [0.15, 0.2) is 0 Å². The molecule has 0 bridgehead atoms. The average Bonchev–Trinajstić information content (AvgIpc) is 3.20. The second-order valence-corrected chi connectivity index (χ2v) is 7.00. The zero-order valence-electron chi connectivity index (χ0n) is 14.9. The Bertz CT molecular complexity index is 702. The zero-order chi connectivity index (χ0) is 17.8. The number of aliphatic hydroxyl groups is 1. The molecule has 1 saturated heterocycles. The normalized spacial score (nSPS) is 19.4. The van der Waals surface area contributed by atoms with E-state index in [4.69, 9.17) is 4.52 Å². The zero-order valence-corrected chi connectivity index (χ0v) is 14.9. The van der Waals surface area contributed by atoms with Gasteiger partial charge in [0.25, 0.3) is 0 Å². The van der Waals surface area contributed by atoms with Crippen molar-refractivity contribution in [2.24, 2.45) is 0 Å². The maximum atomic E-state index is 13.7. The van der Waals surface area contributed by atoms with Crippen molar-refractivity contribution in [3.05, 3.63) is 35.5 Å². The summed E-state index contributed by atoms with van der Waals surface area (Å²) in [6.45, 7) is 5.64. The predicted molar refractivity (Wildman–Crippen MR) is 93.6 cm³/mol. The van der Waals surface area contributed by atoms with Crippen molar-refractivity contribution in [2.45, 2.75) is 58.1 Å². The van der Waals surface area contributed by atoms with Crippen LogP contribution in [0.5, 0.6) is 0 Å². The molecule has 2 aromatic rings. The molecule has 0 radical (unpaired) electrons. The molecule has 1 fully saturated rings. The van der Waals surface area contributed by atoms with Gasteiger partial charge in [0, 0.05) is 18.0 Å². The van der Waals surface area contributed by atoms with Crippen molar-refractivity contribution in [3.8, 4) is 11.4 Å². The highest BCUT2D eigenvalue weighted by molar-refractivity contribution is 5.54. The Balaban J connectivity index is 1.52. The largest absolute Gasteiger partial charge is 0.393 e. The molecule has 136 valence electrons. The Labute approximate surface area is 147 Å². The molecule has 0 spiro atoms. The van der Waals surface area contributed by atoms with Gasteiger partial charge >= 0.3 is 0 Å². The Morgan fingerprint density at radius 3 is 3.04 bits per heavy atom. The Morgan fingerprint density at radius 2 is 2.28 bits per heavy atom. The van der Waals surface area contributed by atoms with Crippen LogP contribution in [0.3, 0.4) is 0 Å². The van der Waals surface area contributed by atoms with Crippen molar-refractivity contribution in [1.82, 2.24) is 15.0 Å². The first kappa shape index (κ1) is 18.0. The number of benzene rings is 1. The van der Waals surface area contributed by atoms with Crippen LogP contribution >= 0.6 is 0 Å². The highest BCUT2D eigenvalue weighted by Gasteiger charge is 2.25. The van der Waals surface area contributed by atoms with Crippen LogP contribution in [0.2, 0.25) is 0 Å².